The van der Waals surface area contributed by atoms with E-state index in [0.717, 1.165) is 11.3 Å². The predicted octanol–water partition coefficient (Wildman–Crippen LogP) is 1.75. The lowest BCUT2D eigenvalue weighted by molar-refractivity contribution is 2.03. The number of hydrogen-bond acceptors (Lipinski definition) is 1. The van der Waals surface area contributed by atoms with Gasteiger partial charge in [-0.3, -0.25) is 0 Å². The summed E-state index contributed by atoms with van der Waals surface area (Å²) in [6.45, 7) is 0. The fraction of sp³-hybridized carbons (Fsp3) is 0. The van der Waals surface area contributed by atoms with Crippen LogP contribution in [-0.4, -0.2) is 0 Å². The van der Waals surface area contributed by atoms with Crippen molar-refractivity contribution in [2.45, 2.75) is 0 Å². The summed E-state index contributed by atoms with van der Waals surface area (Å²) in [6, 6.07) is -0.269. The summed E-state index contributed by atoms with van der Waals surface area (Å²) in [5, 5.41) is 0.00926. The van der Waals surface area contributed by atoms with E-state index in [1.165, 1.54) is 0 Å². The van der Waals surface area contributed by atoms with E-state index in [1.807, 2.05) is 0 Å². The zero-order valence-corrected chi connectivity index (χ0v) is 3.22. The second-order valence-corrected chi connectivity index (χ2v) is 1.17. The molecule has 0 nitrogen and oxygen atoms in total. The quantitative estimate of drug-likeness (QED) is 0.453. The molecule has 1 aromatic heterocycles. The zero-order chi connectivity index (χ0) is 7.02. The molecule has 0 aliphatic rings. The highest BCUT2D eigenvalue weighted by molar-refractivity contribution is 7.07. The summed E-state index contributed by atoms with van der Waals surface area (Å²) in [5.41, 5.74) is 0. The molecule has 0 spiro atoms. The Labute approximate surface area is 40.7 Å². The van der Waals surface area contributed by atoms with Crippen molar-refractivity contribution in [1.29, 1.82) is 0 Å². The Morgan fingerprint density at radius 1 is 1.40 bits per heavy atom. The number of hydrogen-bond donors (Lipinski definition) is 0. The lowest BCUT2D eigenvalue weighted by Crippen LogP contribution is -1.16. The molecule has 1 aromatic rings. The Morgan fingerprint density at radius 2 is 2.00 bits per heavy atom. The van der Waals surface area contributed by atoms with Crippen molar-refractivity contribution >= 4 is 11.3 Å². The highest BCUT2D eigenvalue weighted by Gasteiger charge is 1.58. The van der Waals surface area contributed by atoms with Gasteiger partial charge in [0.1, 0.15) is 0 Å². The van der Waals surface area contributed by atoms with Gasteiger partial charge in [-0.1, -0.05) is 12.1 Å². The van der Waals surface area contributed by atoms with Gasteiger partial charge in [-0.2, -0.15) is 11.3 Å². The van der Waals surface area contributed by atoms with Crippen molar-refractivity contribution in [3.8, 4) is 0 Å². The van der Waals surface area contributed by atoms with Crippen molar-refractivity contribution in [2.75, 3.05) is 0 Å². The van der Waals surface area contributed by atoms with Gasteiger partial charge in [-0.05, 0) is 10.7 Å². The second-order valence-electron chi connectivity index (χ2n) is 0.556. The van der Waals surface area contributed by atoms with E-state index in [1.54, 1.807) is 0 Å². The van der Waals surface area contributed by atoms with Gasteiger partial charge in [-0.25, -0.2) is 0 Å². The van der Waals surface area contributed by atoms with E-state index >= 15 is 0 Å². The van der Waals surface area contributed by atoms with Crippen molar-refractivity contribution < 1.29 is 5.48 Å². The molecule has 0 bridgehead atoms. The third kappa shape index (κ3) is 0.484. The van der Waals surface area contributed by atoms with Crippen LogP contribution in [0, 0.1) is 0 Å². The third-order valence-electron chi connectivity index (χ3n) is 0.267. The van der Waals surface area contributed by atoms with E-state index in [-0.39, 0.29) is 22.8 Å². The molecular formula is C4H4S. The maximum Gasteiger partial charge on any atom is 0.0739 e. The molecule has 0 fully saturated rings. The third-order valence-corrected chi connectivity index (χ3v) is 0.675. The molecule has 1 rings (SSSR count). The summed E-state index contributed by atoms with van der Waals surface area (Å²) >= 11 is 0.854. The van der Waals surface area contributed by atoms with Crippen LogP contribution in [0.15, 0.2) is 22.8 Å². The van der Waals surface area contributed by atoms with Crippen LogP contribution in [0.25, 0.3) is 0 Å². The molecule has 0 aromatic carbocycles. The van der Waals surface area contributed by atoms with E-state index in [2.05, 4.69) is 0 Å². The van der Waals surface area contributed by atoms with Crippen LogP contribution in [0.3, 0.4) is 0 Å². The lowest BCUT2D eigenvalue weighted by atomic mass is 10.7. The van der Waals surface area contributed by atoms with Gasteiger partial charge in [0.25, 0.3) is 0 Å². The highest BCUT2D eigenvalue weighted by atomic mass is 32.1. The zero-order valence-electron chi connectivity index (χ0n) is 6.41. The van der Waals surface area contributed by atoms with Crippen LogP contribution in [0.4, 0.5) is 0 Å². The maximum atomic E-state index is 6.98. The maximum absolute atomic E-state index is 6.98. The molecule has 26 valence electrons. The van der Waals surface area contributed by atoms with Gasteiger partial charge < -0.3 is 0 Å². The highest BCUT2D eigenvalue weighted by Crippen LogP contribution is 1.91. The summed E-state index contributed by atoms with van der Waals surface area (Å²) in [4.78, 5) is 0. The molecule has 0 aliphatic heterocycles. The summed E-state index contributed by atoms with van der Waals surface area (Å²) < 4.78 is 27.9. The molecule has 0 unspecified atom stereocenters. The van der Waals surface area contributed by atoms with Gasteiger partial charge in [0.05, 0.1) is 5.48 Å². The normalized spacial score (nSPS) is 19.2. The molecule has 0 amide bonds. The lowest BCUT2D eigenvalue weighted by Gasteiger charge is -1.39. The average Bonchev–Trinajstić information content (AvgIpc) is 1.98. The van der Waals surface area contributed by atoms with Crippen molar-refractivity contribution in [2.24, 2.45) is 0 Å². The molecule has 1 heterocycles. The fourth-order valence-corrected chi connectivity index (χ4v) is 0.383. The minimum absolute atomic E-state index is 0.00463. The minimum Gasteiger partial charge on any atom is -0.152 e. The van der Waals surface area contributed by atoms with Crippen molar-refractivity contribution in [3.05, 3.63) is 22.8 Å². The topological polar surface area (TPSA) is 0 Å². The Hall–Kier alpha value is -0.300. The number of thiophene rings is 1. The first-order valence-electron chi connectivity index (χ1n) is 3.16. The first-order valence-corrected chi connectivity index (χ1v) is 1.97. The summed E-state index contributed by atoms with van der Waals surface area (Å²) in [6.07, 6.45) is 0. The standard InChI is InChI=1S/C4H4S/c1-2-4-5-3-1/h1-4H/i1D,2D,3D,4D. The Morgan fingerprint density at radius 3 is 2.20 bits per heavy atom. The van der Waals surface area contributed by atoms with Gasteiger partial charge in [0.2, 0.25) is 0 Å². The monoisotopic (exact) mass is 88.0 g/mol. The van der Waals surface area contributed by atoms with Crippen LogP contribution in [0.5, 0.6) is 0 Å². The molecule has 5 heavy (non-hydrogen) atoms. The van der Waals surface area contributed by atoms with Crippen molar-refractivity contribution in [3.63, 3.8) is 0 Å². The van der Waals surface area contributed by atoms with Crippen LogP contribution < -0.4 is 0 Å². The van der Waals surface area contributed by atoms with E-state index in [4.69, 9.17) is 5.48 Å². The molecular weight excluding hydrogens is 80.1 g/mol. The smallest absolute Gasteiger partial charge is 0.0739 e. The first kappa shape index (κ1) is 0.850. The van der Waals surface area contributed by atoms with Crippen LogP contribution in [0.1, 0.15) is 5.48 Å². The molecule has 0 saturated carbocycles. The number of rotatable bonds is 0. The SMILES string of the molecule is [2H]c1sc([2H])c([2H])c1[2H]. The Balaban J connectivity index is 3.29. The molecule has 1 heteroatoms. The van der Waals surface area contributed by atoms with E-state index in [9.17, 15) is 0 Å². The van der Waals surface area contributed by atoms with E-state index in [0.29, 0.717) is 0 Å². The molecule has 0 radical (unpaired) electrons. The van der Waals surface area contributed by atoms with Crippen molar-refractivity contribution in [1.82, 2.24) is 0 Å². The van der Waals surface area contributed by atoms with Crippen LogP contribution >= 0.6 is 11.3 Å². The fourth-order valence-electron chi connectivity index (χ4n) is 0.128. The largest absolute Gasteiger partial charge is 0.152 e. The summed E-state index contributed by atoms with van der Waals surface area (Å²) in [5.74, 6) is 0. The Kier molecular flexibility index (Phi) is 0.208. The van der Waals surface area contributed by atoms with Gasteiger partial charge in [0.15, 0.2) is 0 Å². The molecule has 0 aliphatic carbocycles. The predicted molar refractivity (Wildman–Crippen MR) is 24.3 cm³/mol. The van der Waals surface area contributed by atoms with Gasteiger partial charge >= 0.3 is 0 Å². The molecule has 0 saturated heterocycles. The second kappa shape index (κ2) is 1.22. The minimum atomic E-state index is -0.134. The van der Waals surface area contributed by atoms with Gasteiger partial charge in [-0.15, -0.1) is 0 Å². The molecule has 0 N–H and O–H groups in total. The van der Waals surface area contributed by atoms with Crippen LogP contribution in [0.2, 0.25) is 0 Å². The average molecular weight is 88.2 g/mol. The Bertz CT molecular complexity index is 206. The molecule has 0 atom stereocenters. The van der Waals surface area contributed by atoms with Gasteiger partial charge in [0, 0.05) is 0 Å². The first-order chi connectivity index (χ1) is 4.13. The van der Waals surface area contributed by atoms with Crippen LogP contribution in [-0.2, 0) is 0 Å². The van der Waals surface area contributed by atoms with E-state index < -0.39 is 0 Å². The summed E-state index contributed by atoms with van der Waals surface area (Å²) in [7, 11) is 0.